The molecule has 0 saturated heterocycles. The average Bonchev–Trinajstić information content (AvgIpc) is 2.79. The molecule has 0 N–H and O–H groups in total. The fourth-order valence-corrected chi connectivity index (χ4v) is 2.89. The number of amides is 1. The number of anilines is 1. The molecule has 2 aromatic carbocycles. The second-order valence-electron chi connectivity index (χ2n) is 6.38. The molecule has 1 unspecified atom stereocenters. The summed E-state index contributed by atoms with van der Waals surface area (Å²) in [7, 11) is 2.97. The number of hydrogen-bond acceptors (Lipinski definition) is 8. The molecule has 0 spiro atoms. The molecule has 0 fully saturated rings. The van der Waals surface area contributed by atoms with Crippen molar-refractivity contribution in [1.29, 1.82) is 0 Å². The van der Waals surface area contributed by atoms with Crippen LogP contribution < -0.4 is 23.4 Å². The molecule has 32 heavy (non-hydrogen) atoms. The van der Waals surface area contributed by atoms with Crippen molar-refractivity contribution in [3.8, 4) is 23.0 Å². The van der Waals surface area contributed by atoms with E-state index in [-0.39, 0.29) is 0 Å². The van der Waals surface area contributed by atoms with Crippen LogP contribution in [0.2, 0.25) is 0 Å². The van der Waals surface area contributed by atoms with E-state index >= 15 is 0 Å². The number of carbonyl (C=O) groups excluding carboxylic acids is 2. The summed E-state index contributed by atoms with van der Waals surface area (Å²) in [6.07, 6.45) is 0. The van der Waals surface area contributed by atoms with Crippen LogP contribution in [0.4, 0.5) is 11.4 Å². The summed E-state index contributed by atoms with van der Waals surface area (Å²) in [4.78, 5) is 25.1. The van der Waals surface area contributed by atoms with Gasteiger partial charge < -0.3 is 18.9 Å². The zero-order valence-electron chi connectivity index (χ0n) is 18.6. The van der Waals surface area contributed by atoms with Crippen molar-refractivity contribution >= 4 is 34.8 Å². The van der Waals surface area contributed by atoms with Crippen molar-refractivity contribution < 1.29 is 28.5 Å². The lowest BCUT2D eigenvalue weighted by atomic mass is 10.2. The molecule has 0 saturated carbocycles. The number of benzene rings is 2. The molecule has 0 aromatic heterocycles. The van der Waals surface area contributed by atoms with Gasteiger partial charge in [-0.3, -0.25) is 9.59 Å². The molecule has 0 radical (unpaired) electrons. The third-order valence-corrected chi connectivity index (χ3v) is 4.59. The van der Waals surface area contributed by atoms with Gasteiger partial charge in [-0.1, -0.05) is 0 Å². The highest BCUT2D eigenvalue weighted by molar-refractivity contribution is 6.39. The lowest BCUT2D eigenvalue weighted by molar-refractivity contribution is -0.126. The standard InChI is InChI=1S/C22H26ClN3O6/c1-6-31-19-10-8-15(12-20(19)32-7-2)26(23)22(28)21(14(3)27)25-24-17-13-16(29-4)9-11-18(17)30-5/h8-13,21H,6-7H2,1-5H3. The van der Waals surface area contributed by atoms with Crippen molar-refractivity contribution in [2.24, 2.45) is 10.2 Å². The number of nitrogens with zero attached hydrogens (tertiary/aromatic N) is 3. The van der Waals surface area contributed by atoms with Crippen LogP contribution in [0.1, 0.15) is 20.8 Å². The van der Waals surface area contributed by atoms with Gasteiger partial charge in [-0.15, -0.1) is 0 Å². The van der Waals surface area contributed by atoms with Crippen LogP contribution in [0, 0.1) is 0 Å². The number of rotatable bonds is 11. The van der Waals surface area contributed by atoms with E-state index in [9.17, 15) is 9.59 Å². The van der Waals surface area contributed by atoms with Crippen molar-refractivity contribution in [3.63, 3.8) is 0 Å². The molecular formula is C22H26ClN3O6. The molecule has 0 aliphatic heterocycles. The van der Waals surface area contributed by atoms with Crippen LogP contribution in [0.15, 0.2) is 46.6 Å². The van der Waals surface area contributed by atoms with Gasteiger partial charge in [0.15, 0.2) is 17.3 Å². The molecule has 0 bridgehead atoms. The second kappa shape index (κ2) is 11.9. The number of ketones is 1. The number of Topliss-reactive ketones (excluding diaryl/α,β-unsaturated/α-hetero) is 1. The van der Waals surface area contributed by atoms with Crippen molar-refractivity contribution in [1.82, 2.24) is 0 Å². The van der Waals surface area contributed by atoms with Crippen LogP contribution in [-0.4, -0.2) is 45.2 Å². The molecule has 0 aliphatic carbocycles. The van der Waals surface area contributed by atoms with Gasteiger partial charge in [0.2, 0.25) is 6.04 Å². The smallest absolute Gasteiger partial charge is 0.276 e. The highest BCUT2D eigenvalue weighted by atomic mass is 35.5. The molecule has 9 nitrogen and oxygen atoms in total. The first-order valence-electron chi connectivity index (χ1n) is 9.88. The molecule has 1 atom stereocenters. The van der Waals surface area contributed by atoms with E-state index in [1.165, 1.54) is 21.1 Å². The van der Waals surface area contributed by atoms with Crippen LogP contribution in [0.5, 0.6) is 23.0 Å². The van der Waals surface area contributed by atoms with Crippen molar-refractivity contribution in [2.45, 2.75) is 26.8 Å². The first-order valence-corrected chi connectivity index (χ1v) is 10.2. The lowest BCUT2D eigenvalue weighted by Gasteiger charge is -2.19. The summed E-state index contributed by atoms with van der Waals surface area (Å²) >= 11 is 6.27. The zero-order chi connectivity index (χ0) is 23.7. The Hall–Kier alpha value is -3.33. The number of azo groups is 1. The van der Waals surface area contributed by atoms with Gasteiger partial charge >= 0.3 is 0 Å². The molecule has 2 aromatic rings. The summed E-state index contributed by atoms with van der Waals surface area (Å²) in [5, 5.41) is 7.98. The van der Waals surface area contributed by atoms with Gasteiger partial charge in [-0.2, -0.15) is 10.2 Å². The summed E-state index contributed by atoms with van der Waals surface area (Å²) in [5.74, 6) is 0.566. The van der Waals surface area contributed by atoms with Crippen molar-refractivity contribution in [2.75, 3.05) is 31.9 Å². The first-order chi connectivity index (χ1) is 15.4. The molecule has 0 heterocycles. The minimum atomic E-state index is -1.45. The monoisotopic (exact) mass is 463 g/mol. The van der Waals surface area contributed by atoms with E-state index in [1.807, 2.05) is 13.8 Å². The predicted octanol–water partition coefficient (Wildman–Crippen LogP) is 4.73. The highest BCUT2D eigenvalue weighted by Gasteiger charge is 2.29. The fraction of sp³-hybridized carbons (Fsp3) is 0.364. The maximum atomic E-state index is 13.0. The van der Waals surface area contributed by atoms with E-state index < -0.39 is 17.7 Å². The quantitative estimate of drug-likeness (QED) is 0.271. The third kappa shape index (κ3) is 6.10. The Balaban J connectivity index is 2.33. The average molecular weight is 464 g/mol. The number of halogens is 1. The van der Waals surface area contributed by atoms with Gasteiger partial charge in [0.05, 0.1) is 33.1 Å². The maximum Gasteiger partial charge on any atom is 0.276 e. The summed E-state index contributed by atoms with van der Waals surface area (Å²) in [5.41, 5.74) is 0.593. The van der Waals surface area contributed by atoms with E-state index in [1.54, 1.807) is 36.4 Å². The Morgan fingerprint density at radius 2 is 1.62 bits per heavy atom. The number of hydrogen-bond donors (Lipinski definition) is 0. The van der Waals surface area contributed by atoms with Crippen LogP contribution in [-0.2, 0) is 9.59 Å². The van der Waals surface area contributed by atoms with Gasteiger partial charge in [0, 0.05) is 23.9 Å². The van der Waals surface area contributed by atoms with Crippen LogP contribution in [0.3, 0.4) is 0 Å². The van der Waals surface area contributed by atoms with Gasteiger partial charge in [-0.05, 0) is 45.0 Å². The lowest BCUT2D eigenvalue weighted by Crippen LogP contribution is -2.36. The normalized spacial score (nSPS) is 11.7. The largest absolute Gasteiger partial charge is 0.497 e. The summed E-state index contributed by atoms with van der Waals surface area (Å²) < 4.78 is 22.3. The molecule has 2 rings (SSSR count). The number of carbonyl (C=O) groups is 2. The number of ether oxygens (including phenoxy) is 4. The highest BCUT2D eigenvalue weighted by Crippen LogP contribution is 2.34. The predicted molar refractivity (Wildman–Crippen MR) is 121 cm³/mol. The van der Waals surface area contributed by atoms with Crippen molar-refractivity contribution in [3.05, 3.63) is 36.4 Å². The third-order valence-electron chi connectivity index (χ3n) is 4.23. The van der Waals surface area contributed by atoms with Gasteiger partial charge in [-0.25, -0.2) is 4.42 Å². The second-order valence-corrected chi connectivity index (χ2v) is 6.72. The Morgan fingerprint density at radius 1 is 0.969 bits per heavy atom. The summed E-state index contributed by atoms with van der Waals surface area (Å²) in [6.45, 7) is 5.75. The first kappa shape index (κ1) is 24.9. The van der Waals surface area contributed by atoms with Gasteiger partial charge in [0.1, 0.15) is 17.2 Å². The Bertz CT molecular complexity index is 982. The maximum absolute atomic E-state index is 13.0. The SMILES string of the molecule is CCOc1ccc(N(Cl)C(=O)C(N=Nc2cc(OC)ccc2OC)C(C)=O)cc1OCC. The summed E-state index contributed by atoms with van der Waals surface area (Å²) in [6, 6.07) is 8.22. The van der Waals surface area contributed by atoms with E-state index in [0.29, 0.717) is 47.6 Å². The number of methoxy groups -OCH3 is 2. The Morgan fingerprint density at radius 3 is 2.22 bits per heavy atom. The minimum Gasteiger partial charge on any atom is -0.497 e. The molecule has 10 heteroatoms. The fourth-order valence-electron chi connectivity index (χ4n) is 2.70. The zero-order valence-corrected chi connectivity index (χ0v) is 19.4. The molecule has 172 valence electrons. The molecular weight excluding hydrogens is 438 g/mol. The van der Waals surface area contributed by atoms with Crippen LogP contribution >= 0.6 is 11.8 Å². The van der Waals surface area contributed by atoms with E-state index in [2.05, 4.69) is 10.2 Å². The van der Waals surface area contributed by atoms with E-state index in [4.69, 9.17) is 30.7 Å². The Labute approximate surface area is 192 Å². The topological polar surface area (TPSA) is 99.0 Å². The molecule has 1 amide bonds. The van der Waals surface area contributed by atoms with E-state index in [0.717, 1.165) is 4.42 Å². The van der Waals surface area contributed by atoms with Crippen LogP contribution in [0.25, 0.3) is 0 Å². The van der Waals surface area contributed by atoms with Gasteiger partial charge in [0.25, 0.3) is 5.91 Å². The molecule has 0 aliphatic rings. The Kier molecular flexibility index (Phi) is 9.27. The minimum absolute atomic E-state index is 0.295.